The van der Waals surface area contributed by atoms with Crippen LogP contribution in [-0.4, -0.2) is 12.6 Å². The number of carbonyl (C=O) groups excluding carboxylic acids is 1. The van der Waals surface area contributed by atoms with Gasteiger partial charge >= 0.3 is 6.03 Å². The number of benzene rings is 2. The fraction of sp³-hybridized carbons (Fsp3) is 0.235. The van der Waals surface area contributed by atoms with Gasteiger partial charge < -0.3 is 15.4 Å². The summed E-state index contributed by atoms with van der Waals surface area (Å²) in [6, 6.07) is 12.8. The largest absolute Gasteiger partial charge is 0.494 e. The number of aryl methyl sites for hydroxylation is 2. The summed E-state index contributed by atoms with van der Waals surface area (Å²) in [5.74, 6) is 0.789. The molecule has 0 radical (unpaired) electrons. The van der Waals surface area contributed by atoms with Crippen LogP contribution in [0, 0.1) is 13.8 Å². The van der Waals surface area contributed by atoms with Crippen molar-refractivity contribution in [3.8, 4) is 5.75 Å². The Morgan fingerprint density at radius 3 is 2.19 bits per heavy atom. The van der Waals surface area contributed by atoms with E-state index in [0.717, 1.165) is 22.7 Å². The number of nitrogens with one attached hydrogen (secondary N) is 2. The molecule has 0 aliphatic rings. The van der Waals surface area contributed by atoms with Gasteiger partial charge in [0.15, 0.2) is 0 Å². The minimum Gasteiger partial charge on any atom is -0.494 e. The van der Waals surface area contributed by atoms with Crippen LogP contribution in [0.5, 0.6) is 5.75 Å². The van der Waals surface area contributed by atoms with E-state index in [-0.39, 0.29) is 6.03 Å². The van der Waals surface area contributed by atoms with E-state index in [1.165, 1.54) is 5.56 Å². The van der Waals surface area contributed by atoms with Gasteiger partial charge in [-0.25, -0.2) is 4.79 Å². The zero-order valence-corrected chi connectivity index (χ0v) is 12.6. The van der Waals surface area contributed by atoms with Gasteiger partial charge in [-0.05, 0) is 68.3 Å². The van der Waals surface area contributed by atoms with Crippen molar-refractivity contribution in [2.24, 2.45) is 0 Å². The highest BCUT2D eigenvalue weighted by atomic mass is 16.5. The first-order valence-corrected chi connectivity index (χ1v) is 6.96. The van der Waals surface area contributed by atoms with Gasteiger partial charge in [0.1, 0.15) is 5.75 Å². The van der Waals surface area contributed by atoms with E-state index < -0.39 is 0 Å². The molecule has 2 N–H and O–H groups in total. The third-order valence-electron chi connectivity index (χ3n) is 3.19. The Bertz CT molecular complexity index is 621. The zero-order chi connectivity index (χ0) is 15.2. The molecule has 0 fully saturated rings. The first-order valence-electron chi connectivity index (χ1n) is 6.96. The van der Waals surface area contributed by atoms with Crippen molar-refractivity contribution in [3.63, 3.8) is 0 Å². The van der Waals surface area contributed by atoms with Crippen LogP contribution in [-0.2, 0) is 0 Å². The van der Waals surface area contributed by atoms with Gasteiger partial charge in [0.25, 0.3) is 0 Å². The van der Waals surface area contributed by atoms with Crippen molar-refractivity contribution in [2.75, 3.05) is 17.2 Å². The van der Waals surface area contributed by atoms with Crippen molar-refractivity contribution in [1.29, 1.82) is 0 Å². The Balaban J connectivity index is 1.96. The molecule has 0 heterocycles. The maximum absolute atomic E-state index is 11.9. The SMILES string of the molecule is CCOc1ccc(NC(=O)Nc2ccc(C)c(C)c2)cc1. The van der Waals surface area contributed by atoms with Crippen LogP contribution < -0.4 is 15.4 Å². The molecular weight excluding hydrogens is 264 g/mol. The Hall–Kier alpha value is -2.49. The number of rotatable bonds is 4. The fourth-order valence-electron chi connectivity index (χ4n) is 1.91. The second kappa shape index (κ2) is 6.79. The summed E-state index contributed by atoms with van der Waals surface area (Å²) in [4.78, 5) is 11.9. The molecule has 0 aliphatic heterocycles. The fourth-order valence-corrected chi connectivity index (χ4v) is 1.91. The van der Waals surface area contributed by atoms with E-state index in [4.69, 9.17) is 4.74 Å². The highest BCUT2D eigenvalue weighted by molar-refractivity contribution is 5.99. The Morgan fingerprint density at radius 2 is 1.57 bits per heavy atom. The molecule has 2 aromatic carbocycles. The number of carbonyl (C=O) groups is 1. The van der Waals surface area contributed by atoms with E-state index >= 15 is 0 Å². The van der Waals surface area contributed by atoms with Gasteiger partial charge in [-0.2, -0.15) is 0 Å². The lowest BCUT2D eigenvalue weighted by atomic mass is 10.1. The second-order valence-electron chi connectivity index (χ2n) is 4.84. The molecule has 0 unspecified atom stereocenters. The van der Waals surface area contributed by atoms with Gasteiger partial charge in [0, 0.05) is 11.4 Å². The van der Waals surface area contributed by atoms with E-state index in [1.54, 1.807) is 0 Å². The van der Waals surface area contributed by atoms with E-state index in [2.05, 4.69) is 10.6 Å². The van der Waals surface area contributed by atoms with Gasteiger partial charge in [-0.15, -0.1) is 0 Å². The van der Waals surface area contributed by atoms with Crippen LogP contribution in [0.15, 0.2) is 42.5 Å². The summed E-state index contributed by atoms with van der Waals surface area (Å²) in [6.07, 6.45) is 0. The standard InChI is InChI=1S/C17H20N2O2/c1-4-21-16-9-7-14(8-10-16)18-17(20)19-15-6-5-12(2)13(3)11-15/h5-11H,4H2,1-3H3,(H2,18,19,20). The summed E-state index contributed by atoms with van der Waals surface area (Å²) >= 11 is 0. The molecular formula is C17H20N2O2. The minimum atomic E-state index is -0.262. The molecule has 4 heteroatoms. The molecule has 0 atom stereocenters. The molecule has 0 saturated heterocycles. The van der Waals surface area contributed by atoms with Crippen molar-refractivity contribution in [3.05, 3.63) is 53.6 Å². The van der Waals surface area contributed by atoms with Crippen molar-refractivity contribution in [1.82, 2.24) is 0 Å². The lowest BCUT2D eigenvalue weighted by Crippen LogP contribution is -2.19. The third kappa shape index (κ3) is 4.24. The maximum Gasteiger partial charge on any atom is 0.323 e. The number of anilines is 2. The first kappa shape index (κ1) is 14.9. The molecule has 0 saturated carbocycles. The Morgan fingerprint density at radius 1 is 0.952 bits per heavy atom. The molecule has 110 valence electrons. The topological polar surface area (TPSA) is 50.4 Å². The summed E-state index contributed by atoms with van der Waals surface area (Å²) < 4.78 is 5.36. The lowest BCUT2D eigenvalue weighted by Gasteiger charge is -2.10. The predicted molar refractivity (Wildman–Crippen MR) is 86.2 cm³/mol. The summed E-state index contributed by atoms with van der Waals surface area (Å²) in [5.41, 5.74) is 3.85. The van der Waals surface area contributed by atoms with Crippen LogP contribution in [0.4, 0.5) is 16.2 Å². The van der Waals surface area contributed by atoms with Crippen molar-refractivity contribution >= 4 is 17.4 Å². The lowest BCUT2D eigenvalue weighted by molar-refractivity contribution is 0.262. The number of hydrogen-bond acceptors (Lipinski definition) is 2. The van der Waals surface area contributed by atoms with Crippen LogP contribution in [0.3, 0.4) is 0 Å². The number of hydrogen-bond donors (Lipinski definition) is 2. The molecule has 21 heavy (non-hydrogen) atoms. The molecule has 2 aromatic rings. The zero-order valence-electron chi connectivity index (χ0n) is 12.6. The predicted octanol–water partition coefficient (Wildman–Crippen LogP) is 4.35. The second-order valence-corrected chi connectivity index (χ2v) is 4.84. The number of ether oxygens (including phenoxy) is 1. The minimum absolute atomic E-state index is 0.262. The Kier molecular flexibility index (Phi) is 4.82. The van der Waals surface area contributed by atoms with Crippen molar-refractivity contribution < 1.29 is 9.53 Å². The normalized spacial score (nSPS) is 10.0. The highest BCUT2D eigenvalue weighted by Gasteiger charge is 2.04. The van der Waals surface area contributed by atoms with Crippen LogP contribution >= 0.6 is 0 Å². The Labute approximate surface area is 125 Å². The summed E-state index contributed by atoms with van der Waals surface area (Å²) in [5, 5.41) is 5.61. The maximum atomic E-state index is 11.9. The summed E-state index contributed by atoms with van der Waals surface area (Å²) in [6.45, 7) is 6.62. The quantitative estimate of drug-likeness (QED) is 0.877. The van der Waals surface area contributed by atoms with E-state index in [1.807, 2.05) is 63.2 Å². The van der Waals surface area contributed by atoms with E-state index in [9.17, 15) is 4.79 Å². The van der Waals surface area contributed by atoms with Gasteiger partial charge in [0.2, 0.25) is 0 Å². The van der Waals surface area contributed by atoms with Gasteiger partial charge in [0.05, 0.1) is 6.61 Å². The summed E-state index contributed by atoms with van der Waals surface area (Å²) in [7, 11) is 0. The smallest absolute Gasteiger partial charge is 0.323 e. The van der Waals surface area contributed by atoms with Crippen LogP contribution in [0.25, 0.3) is 0 Å². The molecule has 0 aromatic heterocycles. The molecule has 2 amide bonds. The molecule has 0 aliphatic carbocycles. The van der Waals surface area contributed by atoms with Crippen molar-refractivity contribution in [2.45, 2.75) is 20.8 Å². The average Bonchev–Trinajstić information content (AvgIpc) is 2.45. The van der Waals surface area contributed by atoms with Crippen LogP contribution in [0.2, 0.25) is 0 Å². The first-order chi connectivity index (χ1) is 10.1. The van der Waals surface area contributed by atoms with E-state index in [0.29, 0.717) is 6.61 Å². The number of urea groups is 1. The average molecular weight is 284 g/mol. The molecule has 0 spiro atoms. The van der Waals surface area contributed by atoms with Gasteiger partial charge in [-0.3, -0.25) is 0 Å². The van der Waals surface area contributed by atoms with Crippen LogP contribution in [0.1, 0.15) is 18.1 Å². The molecule has 0 bridgehead atoms. The van der Waals surface area contributed by atoms with Gasteiger partial charge in [-0.1, -0.05) is 6.07 Å². The number of amides is 2. The highest BCUT2D eigenvalue weighted by Crippen LogP contribution is 2.17. The molecule has 4 nitrogen and oxygen atoms in total. The monoisotopic (exact) mass is 284 g/mol. The third-order valence-corrected chi connectivity index (χ3v) is 3.19. The molecule has 2 rings (SSSR count).